The molecule has 0 aliphatic carbocycles. The molecule has 1 aromatic heterocycles. The van der Waals surface area contributed by atoms with Gasteiger partial charge in [0.25, 0.3) is 0 Å². The summed E-state index contributed by atoms with van der Waals surface area (Å²) in [4.78, 5) is 6.76. The highest BCUT2D eigenvalue weighted by Crippen LogP contribution is 2.15. The Hall–Kier alpha value is -2.44. The number of pyridine rings is 1. The average Bonchev–Trinajstić information content (AvgIpc) is 3.23. The molecule has 1 aromatic carbocycles. The van der Waals surface area contributed by atoms with Crippen LogP contribution in [0.5, 0.6) is 5.88 Å². The Morgan fingerprint density at radius 1 is 1.07 bits per heavy atom. The van der Waals surface area contributed by atoms with Crippen molar-refractivity contribution >= 4 is 17.3 Å². The van der Waals surface area contributed by atoms with E-state index in [1.807, 2.05) is 42.6 Å². The summed E-state index contributed by atoms with van der Waals surface area (Å²) in [5, 5.41) is 6.99. The Labute approximate surface area is 172 Å². The first-order valence-electron chi connectivity index (χ1n) is 9.80. The Bertz CT molecular complexity index is 760. The number of rotatable bonds is 9. The van der Waals surface area contributed by atoms with Crippen molar-refractivity contribution in [3.8, 4) is 5.88 Å². The molecule has 6 heteroatoms. The monoisotopic (exact) mass is 396 g/mol. The summed E-state index contributed by atoms with van der Waals surface area (Å²) in [6.07, 6.45) is 8.41. The summed E-state index contributed by atoms with van der Waals surface area (Å²) < 4.78 is 5.73. The molecule has 0 radical (unpaired) electrons. The highest BCUT2D eigenvalue weighted by molar-refractivity contribution is 7.80. The van der Waals surface area contributed by atoms with Gasteiger partial charge in [-0.3, -0.25) is 4.90 Å². The minimum atomic E-state index is 0.492. The molecular formula is C22H28N4OS. The minimum absolute atomic E-state index is 0.492. The second-order valence-corrected chi connectivity index (χ2v) is 7.23. The summed E-state index contributed by atoms with van der Waals surface area (Å²) in [7, 11) is 0. The third-order valence-electron chi connectivity index (χ3n) is 4.57. The summed E-state index contributed by atoms with van der Waals surface area (Å²) in [6, 6.07) is 14.3. The van der Waals surface area contributed by atoms with E-state index in [4.69, 9.17) is 17.0 Å². The quantitative estimate of drug-likeness (QED) is 0.501. The van der Waals surface area contributed by atoms with Gasteiger partial charge in [-0.15, -0.1) is 0 Å². The molecule has 1 fully saturated rings. The zero-order valence-electron chi connectivity index (χ0n) is 16.1. The lowest BCUT2D eigenvalue weighted by molar-refractivity contribution is 0.326. The first-order valence-corrected chi connectivity index (χ1v) is 10.2. The van der Waals surface area contributed by atoms with Gasteiger partial charge in [0.1, 0.15) is 6.61 Å². The fourth-order valence-corrected chi connectivity index (χ4v) is 3.26. The van der Waals surface area contributed by atoms with Crippen molar-refractivity contribution in [3.05, 3.63) is 71.9 Å². The van der Waals surface area contributed by atoms with Crippen LogP contribution >= 0.6 is 12.2 Å². The van der Waals surface area contributed by atoms with Crippen LogP contribution in [0.4, 0.5) is 0 Å². The van der Waals surface area contributed by atoms with E-state index in [1.54, 1.807) is 0 Å². The van der Waals surface area contributed by atoms with Gasteiger partial charge >= 0.3 is 0 Å². The normalized spacial score (nSPS) is 14.3. The summed E-state index contributed by atoms with van der Waals surface area (Å²) in [5.74, 6) is 0.675. The van der Waals surface area contributed by atoms with Gasteiger partial charge in [0.2, 0.25) is 5.88 Å². The van der Waals surface area contributed by atoms with Crippen LogP contribution in [0.15, 0.2) is 60.8 Å². The van der Waals surface area contributed by atoms with Gasteiger partial charge in [-0.2, -0.15) is 0 Å². The lowest BCUT2D eigenvalue weighted by Crippen LogP contribution is -2.34. The molecule has 0 atom stereocenters. The molecule has 3 rings (SSSR count). The van der Waals surface area contributed by atoms with Gasteiger partial charge < -0.3 is 15.4 Å². The Kier molecular flexibility index (Phi) is 8.27. The van der Waals surface area contributed by atoms with Crippen LogP contribution in [0.1, 0.15) is 24.0 Å². The van der Waals surface area contributed by atoms with Crippen molar-refractivity contribution in [2.24, 2.45) is 0 Å². The Morgan fingerprint density at radius 2 is 1.89 bits per heavy atom. The van der Waals surface area contributed by atoms with Crippen LogP contribution in [0.2, 0.25) is 0 Å². The molecule has 0 amide bonds. The molecule has 2 heterocycles. The highest BCUT2D eigenvalue weighted by Gasteiger charge is 2.11. The number of aromatic nitrogens is 1. The zero-order chi connectivity index (χ0) is 19.4. The maximum atomic E-state index is 5.73. The van der Waals surface area contributed by atoms with Crippen molar-refractivity contribution in [1.82, 2.24) is 20.5 Å². The molecule has 2 N–H and O–H groups in total. The van der Waals surface area contributed by atoms with Gasteiger partial charge in [0.15, 0.2) is 5.11 Å². The van der Waals surface area contributed by atoms with Gasteiger partial charge in [-0.25, -0.2) is 4.98 Å². The minimum Gasteiger partial charge on any atom is -0.473 e. The number of nitrogens with one attached hydrogen (secondary N) is 2. The van der Waals surface area contributed by atoms with Crippen molar-refractivity contribution in [1.29, 1.82) is 0 Å². The van der Waals surface area contributed by atoms with E-state index < -0.39 is 0 Å². The number of thiocarbonyl (C=S) groups is 1. The summed E-state index contributed by atoms with van der Waals surface area (Å²) >= 11 is 5.28. The van der Waals surface area contributed by atoms with E-state index in [-0.39, 0.29) is 0 Å². The number of ether oxygens (including phenoxy) is 1. The molecule has 148 valence electrons. The van der Waals surface area contributed by atoms with E-state index in [1.165, 1.54) is 37.1 Å². The van der Waals surface area contributed by atoms with E-state index >= 15 is 0 Å². The first kappa shape index (κ1) is 20.3. The summed E-state index contributed by atoms with van der Waals surface area (Å²) in [6.45, 7) is 5.23. The van der Waals surface area contributed by atoms with Crippen LogP contribution in [-0.2, 0) is 13.1 Å². The smallest absolute Gasteiger partial charge is 0.213 e. The molecule has 2 aromatic rings. The highest BCUT2D eigenvalue weighted by atomic mass is 32.1. The van der Waals surface area contributed by atoms with Crippen molar-refractivity contribution in [2.75, 3.05) is 26.2 Å². The standard InChI is InChI=1S/C22H28N4OS/c28-22(25-17-19-8-2-1-3-9-19)24-11-4-7-15-27-21-16-20(10-12-23-21)18-26-13-5-6-14-26/h1-4,7-10,12,16H,5-6,11,13-15,17-18H2,(H2,24,25,28)/b7-4-. The van der Waals surface area contributed by atoms with Crippen LogP contribution < -0.4 is 15.4 Å². The molecular weight excluding hydrogens is 368 g/mol. The maximum absolute atomic E-state index is 5.73. The molecule has 0 spiro atoms. The van der Waals surface area contributed by atoms with Crippen molar-refractivity contribution in [3.63, 3.8) is 0 Å². The predicted octanol–water partition coefficient (Wildman–Crippen LogP) is 3.28. The third-order valence-corrected chi connectivity index (χ3v) is 4.86. The molecule has 1 aliphatic heterocycles. The SMILES string of the molecule is S=C(NC/C=C\COc1cc(CN2CCCC2)ccn1)NCc1ccccc1. The fourth-order valence-electron chi connectivity index (χ4n) is 3.10. The van der Waals surface area contributed by atoms with Crippen LogP contribution in [-0.4, -0.2) is 41.2 Å². The number of likely N-dealkylation sites (tertiary alicyclic amines) is 1. The maximum Gasteiger partial charge on any atom is 0.213 e. The lowest BCUT2D eigenvalue weighted by atomic mass is 10.2. The fraction of sp³-hybridized carbons (Fsp3) is 0.364. The summed E-state index contributed by atoms with van der Waals surface area (Å²) in [5.41, 5.74) is 2.46. The predicted molar refractivity (Wildman–Crippen MR) is 117 cm³/mol. The van der Waals surface area contributed by atoms with Crippen LogP contribution in [0.3, 0.4) is 0 Å². The van der Waals surface area contributed by atoms with E-state index in [0.717, 1.165) is 13.1 Å². The zero-order valence-corrected chi connectivity index (χ0v) is 17.0. The number of hydrogen-bond donors (Lipinski definition) is 2. The molecule has 1 aliphatic rings. The lowest BCUT2D eigenvalue weighted by Gasteiger charge is -2.14. The van der Waals surface area contributed by atoms with Crippen LogP contribution in [0, 0.1) is 0 Å². The topological polar surface area (TPSA) is 49.4 Å². The van der Waals surface area contributed by atoms with Gasteiger partial charge in [0.05, 0.1) is 0 Å². The first-order chi connectivity index (χ1) is 13.8. The molecule has 5 nitrogen and oxygen atoms in total. The van der Waals surface area contributed by atoms with Gasteiger partial charge in [-0.05, 0) is 61.4 Å². The second kappa shape index (κ2) is 11.4. The second-order valence-electron chi connectivity index (χ2n) is 6.82. The van der Waals surface area contributed by atoms with E-state index in [9.17, 15) is 0 Å². The number of nitrogens with zero attached hydrogens (tertiary/aromatic N) is 2. The molecule has 1 saturated heterocycles. The molecule has 28 heavy (non-hydrogen) atoms. The van der Waals surface area contributed by atoms with Gasteiger partial charge in [-0.1, -0.05) is 36.4 Å². The number of hydrogen-bond acceptors (Lipinski definition) is 4. The van der Waals surface area contributed by atoms with Crippen LogP contribution in [0.25, 0.3) is 0 Å². The molecule has 0 bridgehead atoms. The molecule has 0 saturated carbocycles. The number of benzene rings is 1. The van der Waals surface area contributed by atoms with Crippen molar-refractivity contribution < 1.29 is 4.74 Å². The Morgan fingerprint density at radius 3 is 2.71 bits per heavy atom. The van der Waals surface area contributed by atoms with E-state index in [2.05, 4.69) is 38.7 Å². The third kappa shape index (κ3) is 7.29. The average molecular weight is 397 g/mol. The molecule has 0 unspecified atom stereocenters. The van der Waals surface area contributed by atoms with Gasteiger partial charge in [0, 0.05) is 31.9 Å². The van der Waals surface area contributed by atoms with E-state index in [0.29, 0.717) is 24.1 Å². The Balaban J connectivity index is 1.30. The van der Waals surface area contributed by atoms with Crippen molar-refractivity contribution in [2.45, 2.75) is 25.9 Å². The largest absolute Gasteiger partial charge is 0.473 e.